The molecular weight excluding hydrogens is 354 g/mol. The number of benzene rings is 2. The van der Waals surface area contributed by atoms with Crippen molar-refractivity contribution >= 4 is 34.8 Å². The van der Waals surface area contributed by atoms with Crippen molar-refractivity contribution in [1.82, 2.24) is 5.32 Å². The molecule has 136 valence electrons. The molecule has 0 fully saturated rings. The summed E-state index contributed by atoms with van der Waals surface area (Å²) in [6.45, 7) is 2.29. The van der Waals surface area contributed by atoms with Crippen LogP contribution in [0.4, 0.5) is 11.4 Å². The molecule has 1 aliphatic heterocycles. The minimum atomic E-state index is -0.670. The zero-order valence-electron chi connectivity index (χ0n) is 14.6. The zero-order valence-corrected chi connectivity index (χ0v) is 15.3. The average Bonchev–Trinajstić information content (AvgIpc) is 2.64. The van der Waals surface area contributed by atoms with Crippen LogP contribution in [-0.4, -0.2) is 38.1 Å². The van der Waals surface area contributed by atoms with Gasteiger partial charge in [0.05, 0.1) is 18.8 Å². The average molecular weight is 374 g/mol. The van der Waals surface area contributed by atoms with Crippen molar-refractivity contribution in [2.24, 2.45) is 0 Å². The third kappa shape index (κ3) is 3.91. The second-order valence-corrected chi connectivity index (χ2v) is 6.49. The Labute approximate surface area is 157 Å². The van der Waals surface area contributed by atoms with Gasteiger partial charge in [0.25, 0.3) is 5.91 Å². The molecule has 0 aliphatic carbocycles. The van der Waals surface area contributed by atoms with Crippen LogP contribution in [0.3, 0.4) is 0 Å². The molecule has 3 rings (SSSR count). The van der Waals surface area contributed by atoms with Crippen molar-refractivity contribution in [3.05, 3.63) is 53.1 Å². The Balaban J connectivity index is 1.75. The quantitative estimate of drug-likeness (QED) is 0.864. The number of likely N-dealkylation sites (N-methyl/N-ethyl adjacent to an activating group) is 1. The number of nitrogens with one attached hydrogen (secondary N) is 2. The summed E-state index contributed by atoms with van der Waals surface area (Å²) in [7, 11) is 1.56. The molecule has 0 saturated heterocycles. The summed E-state index contributed by atoms with van der Waals surface area (Å²) in [6, 6.07) is 12.7. The van der Waals surface area contributed by atoms with Gasteiger partial charge in [-0.2, -0.15) is 0 Å². The van der Waals surface area contributed by atoms with Gasteiger partial charge in [-0.3, -0.25) is 9.59 Å². The van der Waals surface area contributed by atoms with Gasteiger partial charge in [0, 0.05) is 17.8 Å². The Hall–Kier alpha value is -2.73. The van der Waals surface area contributed by atoms with Crippen LogP contribution < -0.4 is 20.3 Å². The second-order valence-electron chi connectivity index (χ2n) is 6.08. The Bertz CT molecular complexity index is 841. The number of carbonyl (C=O) groups is 2. The fourth-order valence-corrected chi connectivity index (χ4v) is 2.98. The van der Waals surface area contributed by atoms with Crippen molar-refractivity contribution in [3.63, 3.8) is 0 Å². The maximum atomic E-state index is 12.5. The van der Waals surface area contributed by atoms with Gasteiger partial charge >= 0.3 is 0 Å². The number of fused-ring (bicyclic) bond motifs is 1. The van der Waals surface area contributed by atoms with Crippen molar-refractivity contribution in [3.8, 4) is 5.75 Å². The molecule has 0 spiro atoms. The minimum Gasteiger partial charge on any atom is -0.477 e. The number of rotatable bonds is 4. The number of nitrogens with zero attached hydrogens (tertiary/aromatic N) is 1. The monoisotopic (exact) mass is 373 g/mol. The molecule has 2 aromatic rings. The molecule has 6 nitrogen and oxygen atoms in total. The fourth-order valence-electron chi connectivity index (χ4n) is 2.80. The van der Waals surface area contributed by atoms with E-state index in [0.29, 0.717) is 23.0 Å². The number of carbonyl (C=O) groups excluding carboxylic acids is 2. The highest BCUT2D eigenvalue weighted by Crippen LogP contribution is 2.33. The number of hydrogen-bond acceptors (Lipinski definition) is 4. The van der Waals surface area contributed by atoms with Gasteiger partial charge in [0.15, 0.2) is 6.10 Å². The van der Waals surface area contributed by atoms with E-state index in [2.05, 4.69) is 10.6 Å². The largest absolute Gasteiger partial charge is 0.477 e. The molecule has 2 N–H and O–H groups in total. The molecule has 26 heavy (non-hydrogen) atoms. The van der Waals surface area contributed by atoms with Gasteiger partial charge in [-0.1, -0.05) is 29.8 Å². The van der Waals surface area contributed by atoms with E-state index < -0.39 is 6.10 Å². The molecule has 1 aliphatic rings. The summed E-state index contributed by atoms with van der Waals surface area (Å²) >= 11 is 6.10. The van der Waals surface area contributed by atoms with E-state index in [1.165, 1.54) is 0 Å². The Morgan fingerprint density at radius 3 is 2.77 bits per heavy atom. The Morgan fingerprint density at radius 1 is 1.27 bits per heavy atom. The maximum absolute atomic E-state index is 12.5. The molecule has 0 bridgehead atoms. The molecule has 7 heteroatoms. The van der Waals surface area contributed by atoms with Crippen molar-refractivity contribution in [2.45, 2.75) is 13.0 Å². The van der Waals surface area contributed by atoms with E-state index in [0.717, 1.165) is 11.3 Å². The molecule has 0 aromatic heterocycles. The molecule has 0 saturated carbocycles. The van der Waals surface area contributed by atoms with Crippen molar-refractivity contribution in [1.29, 1.82) is 0 Å². The highest BCUT2D eigenvalue weighted by Gasteiger charge is 2.30. The number of hydrogen-bond donors (Lipinski definition) is 2. The van der Waals surface area contributed by atoms with E-state index in [4.69, 9.17) is 16.3 Å². The van der Waals surface area contributed by atoms with Gasteiger partial charge in [0.2, 0.25) is 5.91 Å². The smallest absolute Gasteiger partial charge is 0.262 e. The number of anilines is 2. The second kappa shape index (κ2) is 7.66. The van der Waals surface area contributed by atoms with E-state index in [1.807, 2.05) is 36.1 Å². The predicted octanol–water partition coefficient (Wildman–Crippen LogP) is 2.60. The lowest BCUT2D eigenvalue weighted by Gasteiger charge is -2.35. The van der Waals surface area contributed by atoms with Crippen LogP contribution >= 0.6 is 11.6 Å². The van der Waals surface area contributed by atoms with E-state index in [-0.39, 0.29) is 18.4 Å². The number of halogens is 1. The highest BCUT2D eigenvalue weighted by atomic mass is 35.5. The van der Waals surface area contributed by atoms with Crippen LogP contribution in [0.5, 0.6) is 5.75 Å². The van der Waals surface area contributed by atoms with Crippen LogP contribution in [0.2, 0.25) is 5.02 Å². The summed E-state index contributed by atoms with van der Waals surface area (Å²) in [5, 5.41) is 6.02. The highest BCUT2D eigenvalue weighted by molar-refractivity contribution is 6.31. The van der Waals surface area contributed by atoms with Crippen LogP contribution in [0.1, 0.15) is 5.56 Å². The van der Waals surface area contributed by atoms with E-state index in [9.17, 15) is 9.59 Å². The lowest BCUT2D eigenvalue weighted by Crippen LogP contribution is -2.50. The number of aryl methyl sites for hydroxylation is 1. The summed E-state index contributed by atoms with van der Waals surface area (Å²) in [5.74, 6) is 0.158. The predicted molar refractivity (Wildman–Crippen MR) is 102 cm³/mol. The third-order valence-electron chi connectivity index (χ3n) is 4.19. The lowest BCUT2D eigenvalue weighted by atomic mass is 10.1. The molecule has 2 amide bonds. The first-order valence-corrected chi connectivity index (χ1v) is 8.64. The topological polar surface area (TPSA) is 70.7 Å². The van der Waals surface area contributed by atoms with Crippen LogP contribution in [0.25, 0.3) is 0 Å². The Kier molecular flexibility index (Phi) is 5.32. The van der Waals surface area contributed by atoms with E-state index >= 15 is 0 Å². The van der Waals surface area contributed by atoms with Gasteiger partial charge in [0.1, 0.15) is 5.75 Å². The van der Waals surface area contributed by atoms with Gasteiger partial charge in [-0.25, -0.2) is 0 Å². The minimum absolute atomic E-state index is 0.0966. The van der Waals surface area contributed by atoms with Crippen molar-refractivity contribution in [2.75, 3.05) is 30.4 Å². The van der Waals surface area contributed by atoms with Crippen LogP contribution in [0, 0.1) is 6.92 Å². The molecular formula is C19H20ClN3O3. The standard InChI is InChI=1S/C19H20ClN3O3/c1-12-7-8-13(9-14(12)20)22-18(24)11-23-10-17(19(25)21-2)26-16-6-4-3-5-15(16)23/h3-9,17H,10-11H2,1-2H3,(H,21,25)(H,22,24)/t17-/m0/s1. The van der Waals surface area contributed by atoms with Crippen molar-refractivity contribution < 1.29 is 14.3 Å². The summed E-state index contributed by atoms with van der Waals surface area (Å²) in [5.41, 5.74) is 2.36. The lowest BCUT2D eigenvalue weighted by molar-refractivity contribution is -0.127. The number of ether oxygens (including phenoxy) is 1. The SMILES string of the molecule is CNC(=O)[C@@H]1CN(CC(=O)Nc2ccc(C)c(Cl)c2)c2ccccc2O1. The van der Waals surface area contributed by atoms with Crippen LogP contribution in [0.15, 0.2) is 42.5 Å². The first kappa shape index (κ1) is 18.1. The van der Waals surface area contributed by atoms with Gasteiger partial charge in [-0.05, 0) is 36.8 Å². The molecule has 1 atom stereocenters. The third-order valence-corrected chi connectivity index (χ3v) is 4.60. The normalized spacial score (nSPS) is 15.7. The van der Waals surface area contributed by atoms with Gasteiger partial charge in [-0.15, -0.1) is 0 Å². The zero-order chi connectivity index (χ0) is 18.7. The Morgan fingerprint density at radius 2 is 2.04 bits per heavy atom. The number of para-hydroxylation sites is 2. The van der Waals surface area contributed by atoms with Gasteiger partial charge < -0.3 is 20.3 Å². The number of amides is 2. The molecule has 0 unspecified atom stereocenters. The first-order chi connectivity index (χ1) is 12.5. The molecule has 1 heterocycles. The first-order valence-electron chi connectivity index (χ1n) is 8.26. The van der Waals surface area contributed by atoms with Crippen LogP contribution in [-0.2, 0) is 9.59 Å². The fraction of sp³-hybridized carbons (Fsp3) is 0.263. The molecule has 0 radical (unpaired) electrons. The summed E-state index contributed by atoms with van der Waals surface area (Å²) in [6.07, 6.45) is -0.670. The summed E-state index contributed by atoms with van der Waals surface area (Å²) < 4.78 is 5.74. The summed E-state index contributed by atoms with van der Waals surface area (Å²) in [4.78, 5) is 26.3. The molecule has 2 aromatic carbocycles. The van der Waals surface area contributed by atoms with E-state index in [1.54, 1.807) is 25.2 Å². The maximum Gasteiger partial charge on any atom is 0.262 e.